The molecule has 0 fully saturated rings. The summed E-state index contributed by atoms with van der Waals surface area (Å²) in [5.41, 5.74) is 16.5. The zero-order valence-corrected chi connectivity index (χ0v) is 34.0. The van der Waals surface area contributed by atoms with Crippen molar-refractivity contribution in [2.75, 3.05) is 23.0 Å². The van der Waals surface area contributed by atoms with E-state index in [0.717, 1.165) is 95.8 Å². The Balaban J connectivity index is 1.12. The third-order valence-corrected chi connectivity index (χ3v) is 12.4. The molecule has 0 radical (unpaired) electrons. The topological polar surface area (TPSA) is 51.2 Å². The standard InChI is InChI=1S/C53H41BN2O4/c1-32-26-44-51-45(27-32)56(43-12-9-15-48-52(43)58-25-24-57-48)42-23-19-37(53(2,3)4)31-40(42)54(51)39-28-36(50-30-35-11-6-8-14-47(35)60-50)18-22-41(39)55(44)38-20-16-33(17-21-38)49-29-34-10-5-7-13-46(34)59-49/h5-23,26-31H,24-25H2,1-4H3. The Labute approximate surface area is 349 Å². The first-order valence-electron chi connectivity index (χ1n) is 20.8. The minimum atomic E-state index is -0.0775. The highest BCUT2D eigenvalue weighted by Gasteiger charge is 2.45. The lowest BCUT2D eigenvalue weighted by Crippen LogP contribution is -2.61. The molecule has 0 bridgehead atoms. The van der Waals surface area contributed by atoms with Gasteiger partial charge in [0.15, 0.2) is 11.5 Å². The molecule has 3 aliphatic rings. The van der Waals surface area contributed by atoms with Gasteiger partial charge in [-0.15, -0.1) is 0 Å². The van der Waals surface area contributed by atoms with Crippen LogP contribution in [0.5, 0.6) is 11.5 Å². The van der Waals surface area contributed by atoms with Crippen molar-refractivity contribution in [2.45, 2.75) is 33.1 Å². The normalized spacial score (nSPS) is 14.0. The first-order chi connectivity index (χ1) is 29.3. The zero-order valence-electron chi connectivity index (χ0n) is 34.0. The molecule has 0 aliphatic carbocycles. The molecule has 0 saturated heterocycles. The van der Waals surface area contributed by atoms with Crippen LogP contribution in [0.4, 0.5) is 34.1 Å². The van der Waals surface area contributed by atoms with Gasteiger partial charge in [0.1, 0.15) is 35.9 Å². The molecule has 3 aliphatic heterocycles. The van der Waals surface area contributed by atoms with E-state index in [2.05, 4.69) is 153 Å². The molecular formula is C53H41BN2O4. The van der Waals surface area contributed by atoms with Crippen LogP contribution in [0.2, 0.25) is 0 Å². The molecule has 0 N–H and O–H groups in total. The van der Waals surface area contributed by atoms with Crippen molar-refractivity contribution < 1.29 is 18.3 Å². The van der Waals surface area contributed by atoms with Gasteiger partial charge in [-0.05, 0) is 131 Å². The van der Waals surface area contributed by atoms with Crippen molar-refractivity contribution in [1.82, 2.24) is 0 Å². The minimum absolute atomic E-state index is 0.0691. The van der Waals surface area contributed by atoms with Gasteiger partial charge in [-0.25, -0.2) is 0 Å². The number of hydrogen-bond donors (Lipinski definition) is 0. The van der Waals surface area contributed by atoms with Crippen molar-refractivity contribution in [2.24, 2.45) is 0 Å². The molecule has 0 spiro atoms. The molecule has 7 aromatic carbocycles. The highest BCUT2D eigenvalue weighted by molar-refractivity contribution is 7.00. The molecule has 290 valence electrons. The Morgan fingerprint density at radius 3 is 1.85 bits per heavy atom. The molecule has 60 heavy (non-hydrogen) atoms. The van der Waals surface area contributed by atoms with E-state index in [0.29, 0.717) is 13.2 Å². The third kappa shape index (κ3) is 5.35. The van der Waals surface area contributed by atoms with E-state index >= 15 is 0 Å². The Morgan fingerprint density at radius 1 is 0.517 bits per heavy atom. The van der Waals surface area contributed by atoms with Gasteiger partial charge in [-0.3, -0.25) is 0 Å². The predicted octanol–water partition coefficient (Wildman–Crippen LogP) is 12.0. The fourth-order valence-electron chi connectivity index (χ4n) is 9.56. The van der Waals surface area contributed by atoms with E-state index in [1.165, 1.54) is 22.0 Å². The molecule has 7 heteroatoms. The summed E-state index contributed by atoms with van der Waals surface area (Å²) < 4.78 is 25.5. The van der Waals surface area contributed by atoms with Gasteiger partial charge in [0.05, 0.1) is 5.69 Å². The number of ether oxygens (including phenoxy) is 2. The summed E-state index contributed by atoms with van der Waals surface area (Å²) in [6.07, 6.45) is 0. The van der Waals surface area contributed by atoms with Crippen LogP contribution in [-0.2, 0) is 5.41 Å². The fraction of sp³-hybridized carbons (Fsp3) is 0.132. The van der Waals surface area contributed by atoms with Crippen molar-refractivity contribution in [3.8, 4) is 34.1 Å². The lowest BCUT2D eigenvalue weighted by molar-refractivity contribution is 0.172. The molecular weight excluding hydrogens is 739 g/mol. The summed E-state index contributed by atoms with van der Waals surface area (Å²) >= 11 is 0. The van der Waals surface area contributed by atoms with Crippen LogP contribution in [0.1, 0.15) is 31.9 Å². The van der Waals surface area contributed by atoms with E-state index in [-0.39, 0.29) is 12.1 Å². The van der Waals surface area contributed by atoms with E-state index in [4.69, 9.17) is 18.3 Å². The molecule has 0 saturated carbocycles. The molecule has 2 aromatic heterocycles. The summed E-state index contributed by atoms with van der Waals surface area (Å²) in [4.78, 5) is 4.86. The fourth-order valence-corrected chi connectivity index (χ4v) is 9.56. The average molecular weight is 781 g/mol. The van der Waals surface area contributed by atoms with E-state index in [9.17, 15) is 0 Å². The molecule has 0 unspecified atom stereocenters. The summed E-state index contributed by atoms with van der Waals surface area (Å²) in [5, 5.41) is 2.18. The van der Waals surface area contributed by atoms with Gasteiger partial charge in [0.2, 0.25) is 0 Å². The first kappa shape index (κ1) is 34.9. The van der Waals surface area contributed by atoms with Gasteiger partial charge in [0.25, 0.3) is 6.71 Å². The molecule has 5 heterocycles. The first-order valence-corrected chi connectivity index (χ1v) is 20.8. The Morgan fingerprint density at radius 2 is 1.13 bits per heavy atom. The highest BCUT2D eigenvalue weighted by Crippen LogP contribution is 2.50. The second-order valence-electron chi connectivity index (χ2n) is 17.3. The average Bonchev–Trinajstić information content (AvgIpc) is 3.91. The number of para-hydroxylation sites is 3. The number of anilines is 6. The number of aryl methyl sites for hydroxylation is 1. The van der Waals surface area contributed by atoms with Gasteiger partial charge < -0.3 is 28.1 Å². The number of hydrogen-bond acceptors (Lipinski definition) is 6. The maximum Gasteiger partial charge on any atom is 0.252 e. The maximum atomic E-state index is 6.53. The van der Waals surface area contributed by atoms with Crippen molar-refractivity contribution in [1.29, 1.82) is 0 Å². The van der Waals surface area contributed by atoms with E-state index < -0.39 is 0 Å². The third-order valence-electron chi connectivity index (χ3n) is 12.4. The SMILES string of the molecule is Cc1cc2c3c(c1)N(c1cccc4c1OCCO4)c1ccc(C(C)(C)C)cc1B3c1cc(-c3cc4ccccc4o3)ccc1N2c1ccc(-c2cc3ccccc3o2)cc1. The van der Waals surface area contributed by atoms with Crippen LogP contribution in [-0.4, -0.2) is 19.9 Å². The Bertz CT molecular complexity index is 3120. The minimum Gasteiger partial charge on any atom is -0.486 e. The predicted molar refractivity (Wildman–Crippen MR) is 245 cm³/mol. The summed E-state index contributed by atoms with van der Waals surface area (Å²) in [7, 11) is 0. The second-order valence-corrected chi connectivity index (χ2v) is 17.3. The van der Waals surface area contributed by atoms with Gasteiger partial charge >= 0.3 is 0 Å². The number of fused-ring (bicyclic) bond motifs is 7. The van der Waals surface area contributed by atoms with Crippen molar-refractivity contribution >= 4 is 79.2 Å². The van der Waals surface area contributed by atoms with Crippen LogP contribution in [0.15, 0.2) is 160 Å². The summed E-state index contributed by atoms with van der Waals surface area (Å²) in [6, 6.07) is 54.3. The molecule has 9 aromatic rings. The Hall–Kier alpha value is -7.12. The monoisotopic (exact) mass is 780 g/mol. The maximum absolute atomic E-state index is 6.53. The van der Waals surface area contributed by atoms with Gasteiger partial charge in [0, 0.05) is 50.3 Å². The molecule has 0 amide bonds. The summed E-state index contributed by atoms with van der Waals surface area (Å²) in [5.74, 6) is 3.24. The molecule has 0 atom stereocenters. The lowest BCUT2D eigenvalue weighted by atomic mass is 9.33. The van der Waals surface area contributed by atoms with E-state index in [1.54, 1.807) is 0 Å². The van der Waals surface area contributed by atoms with E-state index in [1.807, 2.05) is 36.4 Å². The number of rotatable bonds is 4. The van der Waals surface area contributed by atoms with Crippen LogP contribution >= 0.6 is 0 Å². The quantitative estimate of drug-likeness (QED) is 0.166. The van der Waals surface area contributed by atoms with Crippen LogP contribution in [0.25, 0.3) is 44.6 Å². The Kier molecular flexibility index (Phi) is 7.52. The van der Waals surface area contributed by atoms with Crippen molar-refractivity contribution in [3.63, 3.8) is 0 Å². The van der Waals surface area contributed by atoms with Crippen molar-refractivity contribution in [3.05, 3.63) is 163 Å². The highest BCUT2D eigenvalue weighted by atomic mass is 16.6. The van der Waals surface area contributed by atoms with Gasteiger partial charge in [-0.2, -0.15) is 0 Å². The van der Waals surface area contributed by atoms with Crippen LogP contribution in [0.3, 0.4) is 0 Å². The van der Waals surface area contributed by atoms with Gasteiger partial charge in [-0.1, -0.05) is 81.4 Å². The number of benzene rings is 7. The van der Waals surface area contributed by atoms with Crippen LogP contribution in [0, 0.1) is 6.92 Å². The molecule has 6 nitrogen and oxygen atoms in total. The second kappa shape index (κ2) is 12.9. The summed E-state index contributed by atoms with van der Waals surface area (Å²) in [6.45, 7) is 10.0. The lowest BCUT2D eigenvalue weighted by Gasteiger charge is -2.45. The van der Waals surface area contributed by atoms with Crippen LogP contribution < -0.4 is 35.7 Å². The smallest absolute Gasteiger partial charge is 0.252 e. The largest absolute Gasteiger partial charge is 0.486 e. The molecule has 12 rings (SSSR count). The number of nitrogens with zero attached hydrogens (tertiary/aromatic N) is 2. The zero-order chi connectivity index (χ0) is 40.3. The number of furan rings is 2.